The second kappa shape index (κ2) is 8.40. The second-order valence-electron chi connectivity index (χ2n) is 6.48. The molecule has 0 bridgehead atoms. The number of para-hydroxylation sites is 1. The number of anilines is 1. The molecule has 2 aromatic rings. The van der Waals surface area contributed by atoms with Crippen molar-refractivity contribution in [2.24, 2.45) is 0 Å². The molecule has 1 atom stereocenters. The van der Waals surface area contributed by atoms with Gasteiger partial charge in [0.1, 0.15) is 4.21 Å². The third kappa shape index (κ3) is 4.60. The van der Waals surface area contributed by atoms with Crippen molar-refractivity contribution in [3.63, 3.8) is 0 Å². The summed E-state index contributed by atoms with van der Waals surface area (Å²) in [6.45, 7) is 5.60. The first kappa shape index (κ1) is 20.5. The van der Waals surface area contributed by atoms with Crippen LogP contribution >= 0.6 is 27.3 Å². The molecule has 1 saturated heterocycles. The highest BCUT2D eigenvalue weighted by molar-refractivity contribution is 9.11. The van der Waals surface area contributed by atoms with Gasteiger partial charge < -0.3 is 5.32 Å². The molecule has 1 aromatic carbocycles. The Kier molecular flexibility index (Phi) is 6.37. The first-order chi connectivity index (χ1) is 12.8. The van der Waals surface area contributed by atoms with Crippen molar-refractivity contribution in [3.8, 4) is 0 Å². The van der Waals surface area contributed by atoms with E-state index < -0.39 is 10.0 Å². The summed E-state index contributed by atoms with van der Waals surface area (Å²) in [4.78, 5) is 14.6. The number of hydrogen-bond donors (Lipinski definition) is 1. The topological polar surface area (TPSA) is 69.7 Å². The fourth-order valence-corrected chi connectivity index (χ4v) is 6.60. The van der Waals surface area contributed by atoms with Crippen LogP contribution in [0.2, 0.25) is 0 Å². The molecule has 27 heavy (non-hydrogen) atoms. The number of nitrogens with zero attached hydrogens (tertiary/aromatic N) is 2. The number of piperazine rings is 1. The monoisotopic (exact) mass is 471 g/mol. The molecule has 1 N–H and O–H groups in total. The van der Waals surface area contributed by atoms with Gasteiger partial charge in [-0.2, -0.15) is 4.31 Å². The molecule has 1 aromatic heterocycles. The lowest BCUT2D eigenvalue weighted by atomic mass is 10.2. The Morgan fingerprint density at radius 2 is 1.81 bits per heavy atom. The number of rotatable bonds is 5. The number of aryl methyl sites for hydroxylation is 1. The van der Waals surface area contributed by atoms with E-state index in [0.29, 0.717) is 30.4 Å². The summed E-state index contributed by atoms with van der Waals surface area (Å²) in [5.74, 6) is -0.0807. The summed E-state index contributed by atoms with van der Waals surface area (Å²) in [7, 11) is -3.47. The van der Waals surface area contributed by atoms with Crippen LogP contribution in [-0.4, -0.2) is 55.8 Å². The van der Waals surface area contributed by atoms with Gasteiger partial charge in [0.15, 0.2) is 0 Å². The van der Waals surface area contributed by atoms with Gasteiger partial charge in [-0.1, -0.05) is 18.2 Å². The van der Waals surface area contributed by atoms with E-state index in [2.05, 4.69) is 21.2 Å². The molecule has 1 unspecified atom stereocenters. The van der Waals surface area contributed by atoms with Gasteiger partial charge in [-0.25, -0.2) is 8.42 Å². The first-order valence-corrected chi connectivity index (χ1v) is 11.7. The van der Waals surface area contributed by atoms with Crippen LogP contribution in [0.1, 0.15) is 12.5 Å². The first-order valence-electron chi connectivity index (χ1n) is 8.65. The predicted molar refractivity (Wildman–Crippen MR) is 112 cm³/mol. The summed E-state index contributed by atoms with van der Waals surface area (Å²) in [5, 5.41) is 2.96. The van der Waals surface area contributed by atoms with E-state index in [1.165, 1.54) is 15.6 Å². The number of halogens is 1. The lowest BCUT2D eigenvalue weighted by Crippen LogP contribution is -2.53. The summed E-state index contributed by atoms with van der Waals surface area (Å²) in [5.41, 5.74) is 1.81. The number of hydrogen-bond acceptors (Lipinski definition) is 5. The Morgan fingerprint density at radius 1 is 1.15 bits per heavy atom. The fraction of sp³-hybridized carbons (Fsp3) is 0.389. The molecular weight excluding hydrogens is 450 g/mol. The van der Waals surface area contributed by atoms with Crippen LogP contribution in [0.25, 0.3) is 0 Å². The largest absolute Gasteiger partial charge is 0.324 e. The lowest BCUT2D eigenvalue weighted by molar-refractivity contribution is -0.121. The number of thiophene rings is 1. The molecule has 6 nitrogen and oxygen atoms in total. The van der Waals surface area contributed by atoms with Crippen molar-refractivity contribution in [1.82, 2.24) is 9.21 Å². The maximum Gasteiger partial charge on any atom is 0.252 e. The molecule has 0 saturated carbocycles. The molecule has 0 radical (unpaired) electrons. The highest BCUT2D eigenvalue weighted by Gasteiger charge is 2.32. The smallest absolute Gasteiger partial charge is 0.252 e. The molecule has 0 aliphatic carbocycles. The summed E-state index contributed by atoms with van der Waals surface area (Å²) in [6, 6.07) is 10.7. The van der Waals surface area contributed by atoms with E-state index in [1.54, 1.807) is 12.1 Å². The standard InChI is InChI=1S/C18H22BrN3O3S2/c1-13-5-3-4-6-15(13)20-18(23)14(2)21-9-11-22(12-10-21)27(24,25)17-8-7-16(19)26-17/h3-8,14H,9-12H2,1-2H3,(H,20,23). The van der Waals surface area contributed by atoms with E-state index in [1.807, 2.05) is 43.0 Å². The third-order valence-electron chi connectivity index (χ3n) is 4.75. The van der Waals surface area contributed by atoms with E-state index in [4.69, 9.17) is 0 Å². The van der Waals surface area contributed by atoms with Gasteiger partial charge in [-0.15, -0.1) is 11.3 Å². The molecule has 1 amide bonds. The Balaban J connectivity index is 1.60. The Morgan fingerprint density at radius 3 is 2.41 bits per heavy atom. The molecule has 2 heterocycles. The minimum Gasteiger partial charge on any atom is -0.324 e. The Hall–Kier alpha value is -1.26. The van der Waals surface area contributed by atoms with Gasteiger partial charge in [0.2, 0.25) is 5.91 Å². The van der Waals surface area contributed by atoms with Gasteiger partial charge in [0, 0.05) is 31.9 Å². The number of sulfonamides is 1. The van der Waals surface area contributed by atoms with Crippen molar-refractivity contribution in [3.05, 3.63) is 45.7 Å². The number of benzene rings is 1. The average Bonchev–Trinajstić information content (AvgIpc) is 3.10. The van der Waals surface area contributed by atoms with E-state index in [0.717, 1.165) is 15.0 Å². The van der Waals surface area contributed by atoms with Crippen molar-refractivity contribution < 1.29 is 13.2 Å². The van der Waals surface area contributed by atoms with E-state index in [-0.39, 0.29) is 11.9 Å². The lowest BCUT2D eigenvalue weighted by Gasteiger charge is -2.36. The van der Waals surface area contributed by atoms with Crippen LogP contribution in [0.5, 0.6) is 0 Å². The molecule has 9 heteroatoms. The van der Waals surface area contributed by atoms with Crippen LogP contribution in [0.15, 0.2) is 44.4 Å². The normalized spacial score (nSPS) is 17.6. The van der Waals surface area contributed by atoms with E-state index >= 15 is 0 Å². The Bertz CT molecular complexity index is 921. The predicted octanol–water partition coefficient (Wildman–Crippen LogP) is 3.15. The molecule has 0 spiro atoms. The SMILES string of the molecule is Cc1ccccc1NC(=O)C(C)N1CCN(S(=O)(=O)c2ccc(Br)s2)CC1. The summed E-state index contributed by atoms with van der Waals surface area (Å²) < 4.78 is 28.0. The third-order valence-corrected chi connectivity index (χ3v) is 8.74. The van der Waals surface area contributed by atoms with Crippen LogP contribution in [-0.2, 0) is 14.8 Å². The average molecular weight is 472 g/mol. The minimum absolute atomic E-state index is 0.0807. The number of nitrogens with one attached hydrogen (secondary N) is 1. The van der Waals surface area contributed by atoms with Gasteiger partial charge in [-0.3, -0.25) is 9.69 Å². The highest BCUT2D eigenvalue weighted by Crippen LogP contribution is 2.29. The number of carbonyl (C=O) groups excluding carboxylic acids is 1. The number of amides is 1. The van der Waals surface area contributed by atoms with Crippen LogP contribution in [0.3, 0.4) is 0 Å². The maximum atomic E-state index is 12.7. The van der Waals surface area contributed by atoms with Crippen LogP contribution < -0.4 is 5.32 Å². The van der Waals surface area contributed by atoms with Crippen molar-refractivity contribution in [2.75, 3.05) is 31.5 Å². The van der Waals surface area contributed by atoms with Crippen LogP contribution in [0.4, 0.5) is 5.69 Å². The van der Waals surface area contributed by atoms with Gasteiger partial charge >= 0.3 is 0 Å². The zero-order valence-corrected chi connectivity index (χ0v) is 18.4. The second-order valence-corrected chi connectivity index (χ2v) is 11.1. The molecule has 1 aliphatic heterocycles. The van der Waals surface area contributed by atoms with Crippen LogP contribution in [0, 0.1) is 6.92 Å². The van der Waals surface area contributed by atoms with Crippen molar-refractivity contribution >= 4 is 48.9 Å². The zero-order valence-electron chi connectivity index (χ0n) is 15.2. The van der Waals surface area contributed by atoms with Gasteiger partial charge in [0.05, 0.1) is 9.83 Å². The van der Waals surface area contributed by atoms with Gasteiger partial charge in [-0.05, 0) is 53.5 Å². The summed E-state index contributed by atoms with van der Waals surface area (Å²) >= 11 is 4.52. The van der Waals surface area contributed by atoms with Crippen molar-refractivity contribution in [1.29, 1.82) is 0 Å². The fourth-order valence-electron chi connectivity index (χ4n) is 3.01. The molecule has 146 valence electrons. The molecule has 1 fully saturated rings. The summed E-state index contributed by atoms with van der Waals surface area (Å²) in [6.07, 6.45) is 0. The number of carbonyl (C=O) groups is 1. The molecule has 1 aliphatic rings. The molecular formula is C18H22BrN3O3S2. The molecule has 3 rings (SSSR count). The zero-order chi connectivity index (χ0) is 19.6. The quantitative estimate of drug-likeness (QED) is 0.726. The van der Waals surface area contributed by atoms with Crippen molar-refractivity contribution in [2.45, 2.75) is 24.1 Å². The van der Waals surface area contributed by atoms with Gasteiger partial charge in [0.25, 0.3) is 10.0 Å². The minimum atomic E-state index is -3.47. The van der Waals surface area contributed by atoms with E-state index in [9.17, 15) is 13.2 Å². The maximum absolute atomic E-state index is 12.7. The Labute approximate surface area is 172 Å². The highest BCUT2D eigenvalue weighted by atomic mass is 79.9.